The third-order valence-corrected chi connectivity index (χ3v) is 3.64. The maximum atomic E-state index is 11.3. The summed E-state index contributed by atoms with van der Waals surface area (Å²) < 4.78 is 6.79. The van der Waals surface area contributed by atoms with Gasteiger partial charge in [-0.2, -0.15) is 5.10 Å². The highest BCUT2D eigenvalue weighted by Crippen LogP contribution is 2.29. The van der Waals surface area contributed by atoms with E-state index in [1.165, 1.54) is 0 Å². The number of aromatic nitrogens is 2. The number of rotatable bonds is 4. The molecule has 0 aliphatic carbocycles. The van der Waals surface area contributed by atoms with Gasteiger partial charge in [-0.05, 0) is 17.7 Å². The Balaban J connectivity index is 2.36. The van der Waals surface area contributed by atoms with E-state index in [0.29, 0.717) is 17.3 Å². The molecule has 4 nitrogen and oxygen atoms in total. The van der Waals surface area contributed by atoms with Crippen molar-refractivity contribution in [3.8, 4) is 5.75 Å². The minimum Gasteiger partial charge on any atom is -0.497 e. The lowest BCUT2D eigenvalue weighted by atomic mass is 9.90. The maximum Gasteiger partial charge on any atom is 0.155 e. The summed E-state index contributed by atoms with van der Waals surface area (Å²) in [6.07, 6.45) is 0.778. The van der Waals surface area contributed by atoms with E-state index in [4.69, 9.17) is 16.3 Å². The van der Waals surface area contributed by atoms with Crippen molar-refractivity contribution in [2.45, 2.75) is 32.7 Å². The van der Waals surface area contributed by atoms with Crippen LogP contribution in [-0.2, 0) is 12.0 Å². The van der Waals surface area contributed by atoms with Crippen LogP contribution in [0.4, 0.5) is 0 Å². The Morgan fingerprint density at radius 3 is 2.33 bits per heavy atom. The molecule has 112 valence electrons. The highest BCUT2D eigenvalue weighted by molar-refractivity contribution is 6.32. The average Bonchev–Trinajstić information content (AvgIpc) is 2.76. The fourth-order valence-electron chi connectivity index (χ4n) is 2.12. The topological polar surface area (TPSA) is 44.1 Å². The van der Waals surface area contributed by atoms with Crippen LogP contribution < -0.4 is 4.74 Å². The number of carbonyl (C=O) groups is 1. The molecule has 0 aliphatic heterocycles. The van der Waals surface area contributed by atoms with E-state index >= 15 is 0 Å². The van der Waals surface area contributed by atoms with Gasteiger partial charge in [-0.15, -0.1) is 0 Å². The molecule has 0 saturated heterocycles. The standard InChI is InChI=1S/C16H19ClN2O2/c1-16(2,3)14-13(10-20)15(17)19(18-14)9-11-5-7-12(21-4)8-6-11/h5-8,10H,9H2,1-4H3. The number of carbonyl (C=O) groups excluding carboxylic acids is 1. The van der Waals surface area contributed by atoms with Crippen molar-refractivity contribution in [2.75, 3.05) is 7.11 Å². The lowest BCUT2D eigenvalue weighted by molar-refractivity contribution is 0.112. The van der Waals surface area contributed by atoms with Crippen molar-refractivity contribution in [1.29, 1.82) is 0 Å². The van der Waals surface area contributed by atoms with Gasteiger partial charge in [0.15, 0.2) is 6.29 Å². The van der Waals surface area contributed by atoms with Gasteiger partial charge in [-0.1, -0.05) is 44.5 Å². The van der Waals surface area contributed by atoms with Gasteiger partial charge >= 0.3 is 0 Å². The van der Waals surface area contributed by atoms with Gasteiger partial charge in [0.05, 0.1) is 24.9 Å². The van der Waals surface area contributed by atoms with E-state index in [9.17, 15) is 4.79 Å². The molecule has 1 aromatic heterocycles. The summed E-state index contributed by atoms with van der Waals surface area (Å²) in [5.74, 6) is 0.800. The molecule has 2 rings (SSSR count). The lowest BCUT2D eigenvalue weighted by Crippen LogP contribution is -2.15. The largest absolute Gasteiger partial charge is 0.497 e. The minimum absolute atomic E-state index is 0.231. The number of hydrogen-bond donors (Lipinski definition) is 0. The molecule has 21 heavy (non-hydrogen) atoms. The van der Waals surface area contributed by atoms with Crippen LogP contribution in [0, 0.1) is 0 Å². The first-order chi connectivity index (χ1) is 9.86. The van der Waals surface area contributed by atoms with E-state index in [1.54, 1.807) is 11.8 Å². The van der Waals surface area contributed by atoms with Crippen LogP contribution in [0.5, 0.6) is 5.75 Å². The molecule has 1 heterocycles. The molecular formula is C16H19ClN2O2. The lowest BCUT2D eigenvalue weighted by Gasteiger charge is -2.15. The van der Waals surface area contributed by atoms with E-state index in [-0.39, 0.29) is 5.41 Å². The van der Waals surface area contributed by atoms with Gasteiger partial charge in [-0.3, -0.25) is 4.79 Å². The smallest absolute Gasteiger partial charge is 0.155 e. The highest BCUT2D eigenvalue weighted by atomic mass is 35.5. The second-order valence-corrected chi connectivity index (χ2v) is 6.28. The molecule has 0 spiro atoms. The number of aldehydes is 1. The average molecular weight is 307 g/mol. The molecule has 0 unspecified atom stereocenters. The Morgan fingerprint density at radius 2 is 1.90 bits per heavy atom. The molecule has 0 radical (unpaired) electrons. The molecule has 5 heteroatoms. The summed E-state index contributed by atoms with van der Waals surface area (Å²) >= 11 is 6.29. The molecule has 0 amide bonds. The van der Waals surface area contributed by atoms with Crippen LogP contribution >= 0.6 is 11.6 Å². The summed E-state index contributed by atoms with van der Waals surface area (Å²) in [7, 11) is 1.63. The van der Waals surface area contributed by atoms with Crippen LogP contribution in [0.1, 0.15) is 42.4 Å². The van der Waals surface area contributed by atoms with Crippen LogP contribution in [0.2, 0.25) is 5.15 Å². The number of halogens is 1. The minimum atomic E-state index is -0.231. The summed E-state index contributed by atoms with van der Waals surface area (Å²) in [5.41, 5.74) is 2.00. The second kappa shape index (κ2) is 5.90. The van der Waals surface area contributed by atoms with Gasteiger partial charge in [-0.25, -0.2) is 4.68 Å². The summed E-state index contributed by atoms with van der Waals surface area (Å²) in [5, 5.41) is 4.89. The van der Waals surface area contributed by atoms with Crippen molar-refractivity contribution in [3.05, 3.63) is 46.2 Å². The Bertz CT molecular complexity index is 640. The second-order valence-electron chi connectivity index (χ2n) is 5.93. The maximum absolute atomic E-state index is 11.3. The molecule has 0 N–H and O–H groups in total. The van der Waals surface area contributed by atoms with E-state index < -0.39 is 0 Å². The summed E-state index contributed by atoms with van der Waals surface area (Å²) in [6.45, 7) is 6.54. The predicted molar refractivity (Wildman–Crippen MR) is 83.4 cm³/mol. The van der Waals surface area contributed by atoms with E-state index in [1.807, 2.05) is 45.0 Å². The molecule has 0 atom stereocenters. The van der Waals surface area contributed by atoms with Crippen LogP contribution in [0.15, 0.2) is 24.3 Å². The van der Waals surface area contributed by atoms with Gasteiger partial charge in [0.1, 0.15) is 10.9 Å². The molecule has 0 saturated carbocycles. The Hall–Kier alpha value is -1.81. The van der Waals surface area contributed by atoms with Crippen LogP contribution in [0.3, 0.4) is 0 Å². The van der Waals surface area contributed by atoms with Crippen molar-refractivity contribution < 1.29 is 9.53 Å². The van der Waals surface area contributed by atoms with E-state index in [0.717, 1.165) is 23.3 Å². The Morgan fingerprint density at radius 1 is 1.29 bits per heavy atom. The molecule has 0 bridgehead atoms. The quantitative estimate of drug-likeness (QED) is 0.809. The zero-order valence-corrected chi connectivity index (χ0v) is 13.4. The number of hydrogen-bond acceptors (Lipinski definition) is 3. The van der Waals surface area contributed by atoms with Gasteiger partial charge in [0.25, 0.3) is 0 Å². The Kier molecular flexibility index (Phi) is 4.37. The first kappa shape index (κ1) is 15.6. The molecular weight excluding hydrogens is 288 g/mol. The third-order valence-electron chi connectivity index (χ3n) is 3.24. The SMILES string of the molecule is COc1ccc(Cn2nc(C(C)(C)C)c(C=O)c2Cl)cc1. The van der Waals surface area contributed by atoms with Crippen molar-refractivity contribution >= 4 is 17.9 Å². The van der Waals surface area contributed by atoms with Crippen LogP contribution in [-0.4, -0.2) is 23.2 Å². The summed E-state index contributed by atoms with van der Waals surface area (Å²) in [6, 6.07) is 7.68. The molecule has 1 aromatic carbocycles. The third kappa shape index (κ3) is 3.27. The van der Waals surface area contributed by atoms with Gasteiger partial charge in [0.2, 0.25) is 0 Å². The fourth-order valence-corrected chi connectivity index (χ4v) is 2.35. The first-order valence-corrected chi connectivity index (χ1v) is 7.09. The zero-order valence-electron chi connectivity index (χ0n) is 12.7. The predicted octanol–water partition coefficient (Wildman–Crippen LogP) is 3.70. The normalized spacial score (nSPS) is 11.5. The monoisotopic (exact) mass is 306 g/mol. The number of methoxy groups -OCH3 is 1. The molecule has 0 fully saturated rings. The zero-order chi connectivity index (χ0) is 15.6. The number of benzene rings is 1. The van der Waals surface area contributed by atoms with Crippen molar-refractivity contribution in [3.63, 3.8) is 0 Å². The van der Waals surface area contributed by atoms with Gasteiger partial charge in [0, 0.05) is 5.41 Å². The van der Waals surface area contributed by atoms with Crippen LogP contribution in [0.25, 0.3) is 0 Å². The Labute approximate surface area is 129 Å². The summed E-state index contributed by atoms with van der Waals surface area (Å²) in [4.78, 5) is 11.3. The number of ether oxygens (including phenoxy) is 1. The van der Waals surface area contributed by atoms with Gasteiger partial charge < -0.3 is 4.74 Å². The molecule has 0 aliphatic rings. The number of nitrogens with zero attached hydrogens (tertiary/aromatic N) is 2. The first-order valence-electron chi connectivity index (χ1n) is 6.71. The van der Waals surface area contributed by atoms with Crippen molar-refractivity contribution in [2.24, 2.45) is 0 Å². The van der Waals surface area contributed by atoms with E-state index in [2.05, 4.69) is 5.10 Å². The molecule has 2 aromatic rings. The fraction of sp³-hybridized carbons (Fsp3) is 0.375. The van der Waals surface area contributed by atoms with Crippen molar-refractivity contribution in [1.82, 2.24) is 9.78 Å². The highest BCUT2D eigenvalue weighted by Gasteiger charge is 2.25.